The van der Waals surface area contributed by atoms with Gasteiger partial charge in [0.05, 0.1) is 19.2 Å². The van der Waals surface area contributed by atoms with Crippen molar-refractivity contribution in [1.29, 1.82) is 0 Å². The van der Waals surface area contributed by atoms with Crippen LogP contribution in [0, 0.1) is 5.82 Å². The van der Waals surface area contributed by atoms with Gasteiger partial charge in [-0.25, -0.2) is 4.39 Å². The highest BCUT2D eigenvalue weighted by Crippen LogP contribution is 2.30. The first kappa shape index (κ1) is 26.1. The number of ketones is 2. The molecule has 2 aliphatic rings. The van der Waals surface area contributed by atoms with Gasteiger partial charge in [-0.3, -0.25) is 19.2 Å². The normalized spacial score (nSPS) is 17.9. The second-order valence-electron chi connectivity index (χ2n) is 9.58. The monoisotopic (exact) mass is 531 g/mol. The topological polar surface area (TPSA) is 134 Å². The van der Waals surface area contributed by atoms with Gasteiger partial charge in [-0.15, -0.1) is 0 Å². The van der Waals surface area contributed by atoms with E-state index in [0.717, 1.165) is 11.1 Å². The molecule has 1 aliphatic carbocycles. The van der Waals surface area contributed by atoms with E-state index in [9.17, 15) is 28.7 Å². The summed E-state index contributed by atoms with van der Waals surface area (Å²) < 4.78 is 19.5. The average Bonchev–Trinajstić information content (AvgIpc) is 3.52. The zero-order chi connectivity index (χ0) is 27.7. The SMILES string of the molecule is COc1ccc(O)c(C(=O)c2ccc(C(=O)N[C@@H]3CNC[C@H]3NC(=O)c3ccc4c(c3)CC(=O)C4)cc2)c1F. The number of benzene rings is 3. The molecule has 1 heterocycles. The molecule has 2 atom stereocenters. The van der Waals surface area contributed by atoms with Crippen LogP contribution >= 0.6 is 0 Å². The molecule has 0 unspecified atom stereocenters. The number of methoxy groups -OCH3 is 1. The number of carbonyl (C=O) groups is 4. The lowest BCUT2D eigenvalue weighted by Crippen LogP contribution is -2.51. The van der Waals surface area contributed by atoms with E-state index in [1.807, 2.05) is 0 Å². The van der Waals surface area contributed by atoms with Gasteiger partial charge >= 0.3 is 0 Å². The number of carbonyl (C=O) groups excluding carboxylic acids is 4. The molecule has 0 aromatic heterocycles. The molecule has 3 aromatic rings. The molecule has 2 amide bonds. The minimum atomic E-state index is -0.973. The summed E-state index contributed by atoms with van der Waals surface area (Å²) in [6.45, 7) is 0.906. The molecule has 0 saturated carbocycles. The van der Waals surface area contributed by atoms with E-state index in [-0.39, 0.29) is 40.7 Å². The molecule has 39 heavy (non-hydrogen) atoms. The second kappa shape index (κ2) is 10.7. The molecule has 4 N–H and O–H groups in total. The highest BCUT2D eigenvalue weighted by Gasteiger charge is 2.31. The highest BCUT2D eigenvalue weighted by atomic mass is 19.1. The van der Waals surface area contributed by atoms with Crippen molar-refractivity contribution in [3.8, 4) is 11.5 Å². The number of amides is 2. The third-order valence-electron chi connectivity index (χ3n) is 7.03. The summed E-state index contributed by atoms with van der Waals surface area (Å²) in [5.74, 6) is -2.99. The number of rotatable bonds is 7. The number of Topliss-reactive ketones (excluding diaryl/α,β-unsaturated/α-hetero) is 1. The van der Waals surface area contributed by atoms with E-state index in [1.54, 1.807) is 18.2 Å². The van der Waals surface area contributed by atoms with Crippen LogP contribution in [-0.4, -0.2) is 60.8 Å². The Bertz CT molecular complexity index is 1490. The molecule has 200 valence electrons. The van der Waals surface area contributed by atoms with E-state index in [4.69, 9.17) is 4.74 Å². The van der Waals surface area contributed by atoms with Crippen LogP contribution in [0.3, 0.4) is 0 Å². The zero-order valence-corrected chi connectivity index (χ0v) is 21.0. The molecular formula is C29H26FN3O6. The van der Waals surface area contributed by atoms with E-state index in [0.29, 0.717) is 31.5 Å². The summed E-state index contributed by atoms with van der Waals surface area (Å²) in [5, 5.41) is 19.0. The van der Waals surface area contributed by atoms with Gasteiger partial charge in [-0.05, 0) is 47.5 Å². The number of hydrogen-bond acceptors (Lipinski definition) is 7. The largest absolute Gasteiger partial charge is 0.507 e. The molecule has 0 radical (unpaired) electrons. The maximum absolute atomic E-state index is 14.6. The molecule has 1 fully saturated rings. The van der Waals surface area contributed by atoms with Gasteiger partial charge in [0.2, 0.25) is 0 Å². The number of fused-ring (bicyclic) bond motifs is 1. The van der Waals surface area contributed by atoms with Crippen molar-refractivity contribution in [1.82, 2.24) is 16.0 Å². The fourth-order valence-electron chi connectivity index (χ4n) is 4.91. The van der Waals surface area contributed by atoms with E-state index in [1.165, 1.54) is 43.5 Å². The summed E-state index contributed by atoms with van der Waals surface area (Å²) in [6.07, 6.45) is 0.730. The molecular weight excluding hydrogens is 505 g/mol. The lowest BCUT2D eigenvalue weighted by Gasteiger charge is -2.21. The van der Waals surface area contributed by atoms with Crippen molar-refractivity contribution < 1.29 is 33.4 Å². The van der Waals surface area contributed by atoms with Crippen LogP contribution in [0.25, 0.3) is 0 Å². The lowest BCUT2D eigenvalue weighted by molar-refractivity contribution is -0.117. The van der Waals surface area contributed by atoms with Crippen molar-refractivity contribution in [2.75, 3.05) is 20.2 Å². The number of ether oxygens (including phenoxy) is 1. The Kier molecular flexibility index (Phi) is 7.12. The quantitative estimate of drug-likeness (QED) is 0.343. The predicted molar refractivity (Wildman–Crippen MR) is 139 cm³/mol. The smallest absolute Gasteiger partial charge is 0.251 e. The van der Waals surface area contributed by atoms with Crippen molar-refractivity contribution in [3.05, 3.63) is 93.8 Å². The third kappa shape index (κ3) is 5.23. The van der Waals surface area contributed by atoms with E-state index >= 15 is 0 Å². The summed E-state index contributed by atoms with van der Waals surface area (Å²) in [4.78, 5) is 50.3. The van der Waals surface area contributed by atoms with Crippen LogP contribution in [0.1, 0.15) is 47.8 Å². The Balaban J connectivity index is 1.23. The van der Waals surface area contributed by atoms with Crippen molar-refractivity contribution in [2.45, 2.75) is 24.9 Å². The molecule has 3 aromatic carbocycles. The number of phenolic OH excluding ortho intramolecular Hbond substituents is 1. The van der Waals surface area contributed by atoms with Gasteiger partial charge in [0.15, 0.2) is 17.3 Å². The van der Waals surface area contributed by atoms with Crippen LogP contribution in [-0.2, 0) is 17.6 Å². The van der Waals surface area contributed by atoms with Gasteiger partial charge in [0.25, 0.3) is 11.8 Å². The predicted octanol–water partition coefficient (Wildman–Crippen LogP) is 1.94. The van der Waals surface area contributed by atoms with Crippen molar-refractivity contribution >= 4 is 23.4 Å². The first-order valence-electron chi connectivity index (χ1n) is 12.4. The Hall–Kier alpha value is -4.57. The number of phenols is 1. The molecule has 0 spiro atoms. The molecule has 1 aliphatic heterocycles. The molecule has 9 nitrogen and oxygen atoms in total. The fourth-order valence-corrected chi connectivity index (χ4v) is 4.91. The van der Waals surface area contributed by atoms with E-state index in [2.05, 4.69) is 16.0 Å². The van der Waals surface area contributed by atoms with Gasteiger partial charge in [-0.2, -0.15) is 0 Å². The molecule has 1 saturated heterocycles. The Labute approximate surface area is 223 Å². The maximum atomic E-state index is 14.6. The molecule has 5 rings (SSSR count). The molecule has 0 bridgehead atoms. The minimum Gasteiger partial charge on any atom is -0.507 e. The van der Waals surface area contributed by atoms with Gasteiger partial charge in [0, 0.05) is 42.6 Å². The van der Waals surface area contributed by atoms with Crippen LogP contribution in [0.4, 0.5) is 4.39 Å². The van der Waals surface area contributed by atoms with Crippen molar-refractivity contribution in [3.63, 3.8) is 0 Å². The minimum absolute atomic E-state index is 0.0812. The Morgan fingerprint density at radius 2 is 1.46 bits per heavy atom. The summed E-state index contributed by atoms with van der Waals surface area (Å²) in [5.41, 5.74) is 2.10. The Morgan fingerprint density at radius 1 is 0.872 bits per heavy atom. The second-order valence-corrected chi connectivity index (χ2v) is 9.58. The Morgan fingerprint density at radius 3 is 2.13 bits per heavy atom. The molecule has 10 heteroatoms. The summed E-state index contributed by atoms with van der Waals surface area (Å²) >= 11 is 0. The van der Waals surface area contributed by atoms with Gasteiger partial charge < -0.3 is 25.8 Å². The lowest BCUT2D eigenvalue weighted by atomic mass is 10.00. The first-order chi connectivity index (χ1) is 18.7. The third-order valence-corrected chi connectivity index (χ3v) is 7.03. The first-order valence-corrected chi connectivity index (χ1v) is 12.4. The standard InChI is InChI=1S/C29H26FN3O6/c1-39-24-9-8-23(35)25(26(24)30)27(36)15-2-4-16(5-3-15)28(37)32-21-13-31-14-22(21)33-29(38)18-7-6-17-11-20(34)12-19(17)10-18/h2-10,21-22,31,35H,11-14H2,1H3,(H,32,37)(H,33,38)/t21-,22-/m1/s1. The summed E-state index contributed by atoms with van der Waals surface area (Å²) in [6, 6.07) is 12.5. The summed E-state index contributed by atoms with van der Waals surface area (Å²) in [7, 11) is 1.25. The van der Waals surface area contributed by atoms with Gasteiger partial charge in [0.1, 0.15) is 17.1 Å². The maximum Gasteiger partial charge on any atom is 0.251 e. The number of halogens is 1. The van der Waals surface area contributed by atoms with Crippen LogP contribution in [0.5, 0.6) is 11.5 Å². The van der Waals surface area contributed by atoms with Crippen LogP contribution < -0.4 is 20.7 Å². The number of hydrogen-bond donors (Lipinski definition) is 4. The van der Waals surface area contributed by atoms with Gasteiger partial charge in [-0.1, -0.05) is 18.2 Å². The average molecular weight is 532 g/mol. The number of aromatic hydroxyl groups is 1. The van der Waals surface area contributed by atoms with Crippen LogP contribution in [0.15, 0.2) is 54.6 Å². The highest BCUT2D eigenvalue weighted by molar-refractivity contribution is 6.11. The zero-order valence-electron chi connectivity index (χ0n) is 21.0. The van der Waals surface area contributed by atoms with Crippen LogP contribution in [0.2, 0.25) is 0 Å². The fraction of sp³-hybridized carbons (Fsp3) is 0.241. The van der Waals surface area contributed by atoms with Crippen molar-refractivity contribution in [2.24, 2.45) is 0 Å². The number of nitrogens with one attached hydrogen (secondary N) is 3. The van der Waals surface area contributed by atoms with E-state index < -0.39 is 28.8 Å².